The lowest BCUT2D eigenvalue weighted by atomic mass is 9.84. The Morgan fingerprint density at radius 3 is 2.37 bits per heavy atom. The fourth-order valence-electron chi connectivity index (χ4n) is 3.00. The van der Waals surface area contributed by atoms with Gasteiger partial charge in [0, 0.05) is 6.42 Å². The number of hydrogen-bond donors (Lipinski definition) is 1. The van der Waals surface area contributed by atoms with Crippen LogP contribution in [0, 0.1) is 0 Å². The van der Waals surface area contributed by atoms with Gasteiger partial charge in [0.05, 0.1) is 0 Å². The van der Waals surface area contributed by atoms with Gasteiger partial charge in [-0.25, -0.2) is 0 Å². The Bertz CT molecular complexity index is 388. The van der Waals surface area contributed by atoms with E-state index in [9.17, 15) is 4.79 Å². The second-order valence-corrected chi connectivity index (χ2v) is 5.68. The summed E-state index contributed by atoms with van der Waals surface area (Å²) in [7, 11) is 0. The molecule has 0 atom stereocenters. The molecule has 0 spiro atoms. The zero-order chi connectivity index (χ0) is 13.5. The zero-order valence-corrected chi connectivity index (χ0v) is 11.6. The lowest BCUT2D eigenvalue weighted by Crippen LogP contribution is -2.04. The van der Waals surface area contributed by atoms with Crippen molar-refractivity contribution in [2.45, 2.75) is 63.7 Å². The summed E-state index contributed by atoms with van der Waals surface area (Å²) in [6.45, 7) is 0. The molecular formula is C17H24O2. The van der Waals surface area contributed by atoms with E-state index in [0.717, 1.165) is 25.2 Å². The third kappa shape index (κ3) is 4.70. The quantitative estimate of drug-likeness (QED) is 0.763. The minimum absolute atomic E-state index is 0.292. The number of aryl methyl sites for hydroxylation is 1. The number of unbranched alkanes of at least 4 members (excludes halogenated alkanes) is 1. The molecule has 0 bridgehead atoms. The largest absolute Gasteiger partial charge is 0.481 e. The Morgan fingerprint density at radius 2 is 1.74 bits per heavy atom. The van der Waals surface area contributed by atoms with Crippen LogP contribution in [-0.2, 0) is 11.2 Å². The normalized spacial score (nSPS) is 16.4. The molecule has 2 rings (SSSR count). The molecule has 1 aromatic rings. The molecule has 2 heteroatoms. The summed E-state index contributed by atoms with van der Waals surface area (Å²) in [4.78, 5) is 10.4. The molecule has 1 aromatic carbocycles. The molecule has 2 nitrogen and oxygen atoms in total. The van der Waals surface area contributed by atoms with E-state index in [-0.39, 0.29) is 0 Å². The summed E-state index contributed by atoms with van der Waals surface area (Å²) < 4.78 is 0. The fraction of sp³-hybridized carbons (Fsp3) is 0.588. The predicted molar refractivity (Wildman–Crippen MR) is 77.5 cm³/mol. The molecule has 1 saturated carbocycles. The number of carboxylic acids is 1. The van der Waals surface area contributed by atoms with E-state index >= 15 is 0 Å². The van der Waals surface area contributed by atoms with Crippen LogP contribution in [0.5, 0.6) is 0 Å². The first-order chi connectivity index (χ1) is 9.25. The number of benzene rings is 1. The summed E-state index contributed by atoms with van der Waals surface area (Å²) in [6, 6.07) is 9.01. The van der Waals surface area contributed by atoms with Crippen LogP contribution in [0.1, 0.15) is 68.4 Å². The number of carboxylic acid groups (broad SMARTS) is 1. The molecule has 1 aliphatic rings. The van der Waals surface area contributed by atoms with Gasteiger partial charge in [0.25, 0.3) is 0 Å². The van der Waals surface area contributed by atoms with Crippen molar-refractivity contribution in [1.29, 1.82) is 0 Å². The Balaban J connectivity index is 1.79. The van der Waals surface area contributed by atoms with Crippen molar-refractivity contribution in [1.82, 2.24) is 0 Å². The number of rotatable bonds is 6. The van der Waals surface area contributed by atoms with Crippen LogP contribution in [-0.4, -0.2) is 11.1 Å². The molecular weight excluding hydrogens is 236 g/mol. The van der Waals surface area contributed by atoms with E-state index in [4.69, 9.17) is 5.11 Å². The molecule has 0 radical (unpaired) electrons. The van der Waals surface area contributed by atoms with Gasteiger partial charge in [0.15, 0.2) is 0 Å². The van der Waals surface area contributed by atoms with Gasteiger partial charge in [-0.15, -0.1) is 0 Å². The van der Waals surface area contributed by atoms with E-state index in [1.54, 1.807) is 0 Å². The van der Waals surface area contributed by atoms with Gasteiger partial charge in [-0.1, -0.05) is 43.5 Å². The third-order valence-electron chi connectivity index (χ3n) is 4.16. The fourth-order valence-corrected chi connectivity index (χ4v) is 3.00. The van der Waals surface area contributed by atoms with Crippen molar-refractivity contribution in [2.24, 2.45) is 0 Å². The number of aliphatic carboxylic acids is 1. The van der Waals surface area contributed by atoms with Gasteiger partial charge in [-0.3, -0.25) is 4.79 Å². The van der Waals surface area contributed by atoms with Crippen LogP contribution in [0.25, 0.3) is 0 Å². The molecule has 0 amide bonds. The SMILES string of the molecule is O=C(O)CCCCc1ccc(C2CCCCC2)cc1. The highest BCUT2D eigenvalue weighted by Crippen LogP contribution is 2.32. The highest BCUT2D eigenvalue weighted by Gasteiger charge is 2.14. The van der Waals surface area contributed by atoms with Crippen LogP contribution in [0.3, 0.4) is 0 Å². The first-order valence-electron chi connectivity index (χ1n) is 7.56. The van der Waals surface area contributed by atoms with Gasteiger partial charge in [0.1, 0.15) is 0 Å². The van der Waals surface area contributed by atoms with Crippen molar-refractivity contribution in [2.75, 3.05) is 0 Å². The summed E-state index contributed by atoms with van der Waals surface area (Å²) in [5, 5.41) is 8.59. The summed E-state index contributed by atoms with van der Waals surface area (Å²) in [5.74, 6) is 0.0856. The molecule has 0 aliphatic heterocycles. The molecule has 0 aromatic heterocycles. The first kappa shape index (κ1) is 14.1. The maximum Gasteiger partial charge on any atom is 0.303 e. The molecule has 0 saturated heterocycles. The van der Waals surface area contributed by atoms with Gasteiger partial charge < -0.3 is 5.11 Å². The average Bonchev–Trinajstić information content (AvgIpc) is 2.45. The molecule has 1 fully saturated rings. The van der Waals surface area contributed by atoms with Gasteiger partial charge in [-0.05, 0) is 49.1 Å². The predicted octanol–water partition coefficient (Wildman–Crippen LogP) is 4.53. The van der Waals surface area contributed by atoms with Gasteiger partial charge in [0.2, 0.25) is 0 Å². The minimum Gasteiger partial charge on any atom is -0.481 e. The second-order valence-electron chi connectivity index (χ2n) is 5.68. The topological polar surface area (TPSA) is 37.3 Å². The minimum atomic E-state index is -0.687. The monoisotopic (exact) mass is 260 g/mol. The maximum absolute atomic E-state index is 10.4. The van der Waals surface area contributed by atoms with Crippen LogP contribution >= 0.6 is 0 Å². The van der Waals surface area contributed by atoms with Crippen molar-refractivity contribution >= 4 is 5.97 Å². The van der Waals surface area contributed by atoms with Crippen LogP contribution in [0.15, 0.2) is 24.3 Å². The Morgan fingerprint density at radius 1 is 1.05 bits per heavy atom. The van der Waals surface area contributed by atoms with E-state index in [2.05, 4.69) is 24.3 Å². The summed E-state index contributed by atoms with van der Waals surface area (Å²) in [5.41, 5.74) is 2.83. The average molecular weight is 260 g/mol. The third-order valence-corrected chi connectivity index (χ3v) is 4.16. The summed E-state index contributed by atoms with van der Waals surface area (Å²) >= 11 is 0. The standard InChI is InChI=1S/C17H24O2/c18-17(19)9-5-4-6-14-10-12-16(13-11-14)15-7-2-1-3-8-15/h10-13,15H,1-9H2,(H,18,19). The van der Waals surface area contributed by atoms with Crippen LogP contribution < -0.4 is 0 Å². The lowest BCUT2D eigenvalue weighted by molar-refractivity contribution is -0.137. The molecule has 0 heterocycles. The van der Waals surface area contributed by atoms with E-state index < -0.39 is 5.97 Å². The van der Waals surface area contributed by atoms with Gasteiger partial charge >= 0.3 is 5.97 Å². The van der Waals surface area contributed by atoms with E-state index in [0.29, 0.717) is 6.42 Å². The van der Waals surface area contributed by atoms with Crippen LogP contribution in [0.4, 0.5) is 0 Å². The van der Waals surface area contributed by atoms with Crippen molar-refractivity contribution in [3.63, 3.8) is 0 Å². The Kier molecular flexibility index (Phi) is 5.44. The Labute approximate surface area is 115 Å². The molecule has 1 N–H and O–H groups in total. The molecule has 19 heavy (non-hydrogen) atoms. The Hall–Kier alpha value is -1.31. The van der Waals surface area contributed by atoms with Crippen molar-refractivity contribution in [3.8, 4) is 0 Å². The van der Waals surface area contributed by atoms with E-state index in [1.165, 1.54) is 43.2 Å². The number of hydrogen-bond acceptors (Lipinski definition) is 1. The zero-order valence-electron chi connectivity index (χ0n) is 11.6. The van der Waals surface area contributed by atoms with Crippen molar-refractivity contribution < 1.29 is 9.90 Å². The maximum atomic E-state index is 10.4. The van der Waals surface area contributed by atoms with Gasteiger partial charge in [-0.2, -0.15) is 0 Å². The highest BCUT2D eigenvalue weighted by molar-refractivity contribution is 5.66. The second kappa shape index (κ2) is 7.32. The molecule has 0 unspecified atom stereocenters. The highest BCUT2D eigenvalue weighted by atomic mass is 16.4. The van der Waals surface area contributed by atoms with Crippen molar-refractivity contribution in [3.05, 3.63) is 35.4 Å². The van der Waals surface area contributed by atoms with E-state index in [1.807, 2.05) is 0 Å². The lowest BCUT2D eigenvalue weighted by Gasteiger charge is -2.22. The van der Waals surface area contributed by atoms with Crippen LogP contribution in [0.2, 0.25) is 0 Å². The number of carbonyl (C=O) groups is 1. The first-order valence-corrected chi connectivity index (χ1v) is 7.56. The smallest absolute Gasteiger partial charge is 0.303 e. The summed E-state index contributed by atoms with van der Waals surface area (Å²) in [6.07, 6.45) is 9.88. The molecule has 1 aliphatic carbocycles. The molecule has 104 valence electrons.